The molecule has 0 aliphatic carbocycles. The predicted octanol–water partition coefficient (Wildman–Crippen LogP) is 0.871. The van der Waals surface area contributed by atoms with E-state index in [2.05, 4.69) is 16.2 Å². The molecule has 2 fully saturated rings. The number of carbonyl (C=O) groups is 4. The summed E-state index contributed by atoms with van der Waals surface area (Å²) in [6.45, 7) is 6.09. The highest BCUT2D eigenvalue weighted by Gasteiger charge is 2.08. The summed E-state index contributed by atoms with van der Waals surface area (Å²) in [4.78, 5) is 42.3. The van der Waals surface area contributed by atoms with Gasteiger partial charge in [0, 0.05) is 45.0 Å². The first-order chi connectivity index (χ1) is 15.6. The average molecular weight is 499 g/mol. The number of esters is 1. The summed E-state index contributed by atoms with van der Waals surface area (Å²) in [5, 5.41) is 47.5. The minimum Gasteiger partial charge on any atom is -0.870 e. The summed E-state index contributed by atoms with van der Waals surface area (Å²) in [6, 6.07) is 0. The zero-order chi connectivity index (χ0) is 25.9. The zero-order valence-corrected chi connectivity index (χ0v) is 18.8. The van der Waals surface area contributed by atoms with Crippen molar-refractivity contribution in [3.8, 4) is 0 Å². The van der Waals surface area contributed by atoms with Crippen LogP contribution in [0, 0.1) is 0 Å². The van der Waals surface area contributed by atoms with Gasteiger partial charge in [-0.25, -0.2) is 14.8 Å². The van der Waals surface area contributed by atoms with Crippen molar-refractivity contribution in [3.63, 3.8) is 0 Å². The van der Waals surface area contributed by atoms with E-state index < -0.39 is 17.9 Å². The molecule has 0 spiro atoms. The molecule has 0 atom stereocenters. The Morgan fingerprint density at radius 3 is 1.53 bits per heavy atom. The molecule has 34 heavy (non-hydrogen) atoms. The molecule has 0 radical (unpaired) electrons. The normalized spacial score (nSPS) is 13.0. The lowest BCUT2D eigenvalue weighted by molar-refractivity contribution is -0.206. The average Bonchev–Trinajstić information content (AvgIpc) is 3.48. The Balaban J connectivity index is -0.000000166. The van der Waals surface area contributed by atoms with Crippen LogP contribution in [0.3, 0.4) is 0 Å². The molecule has 7 N–H and O–H groups in total. The Hall–Kier alpha value is -3.04. The molecule has 2 aliphatic rings. The highest BCUT2D eigenvalue weighted by atomic mass is 17.1. The van der Waals surface area contributed by atoms with Gasteiger partial charge >= 0.3 is 23.9 Å². The van der Waals surface area contributed by atoms with Crippen molar-refractivity contribution in [2.75, 3.05) is 33.0 Å². The molecule has 0 unspecified atom stereocenters. The molecule has 0 aromatic rings. The molecule has 2 rings (SSSR count). The van der Waals surface area contributed by atoms with Gasteiger partial charge in [-0.3, -0.25) is 9.59 Å². The maximum absolute atomic E-state index is 10.0. The lowest BCUT2D eigenvalue weighted by atomic mass is 10.3. The second kappa shape index (κ2) is 30.0. The number of carboxylic acid groups (broad SMARTS) is 3. The summed E-state index contributed by atoms with van der Waals surface area (Å²) in [6.07, 6.45) is 6.28. The van der Waals surface area contributed by atoms with Gasteiger partial charge in [0.1, 0.15) is 12.2 Å². The summed E-state index contributed by atoms with van der Waals surface area (Å²) in [5.74, 6) is -3.81. The van der Waals surface area contributed by atoms with Crippen LogP contribution in [0.1, 0.15) is 44.9 Å². The molecule has 2 aliphatic heterocycles. The molecule has 0 aromatic heterocycles. The summed E-state index contributed by atoms with van der Waals surface area (Å²) < 4.78 is 9.46. The summed E-state index contributed by atoms with van der Waals surface area (Å²) in [7, 11) is 0. The number of hydrogen-bond donors (Lipinski definition) is 6. The van der Waals surface area contributed by atoms with Crippen LogP contribution in [-0.2, 0) is 33.5 Å². The molecule has 0 aromatic carbocycles. The van der Waals surface area contributed by atoms with Gasteiger partial charge < -0.3 is 45.4 Å². The number of aliphatic hydroxyl groups excluding tert-OH is 2. The molecule has 2 heterocycles. The van der Waals surface area contributed by atoms with E-state index in [1.165, 1.54) is 12.8 Å². The van der Waals surface area contributed by atoms with Crippen LogP contribution in [-0.4, -0.2) is 93.2 Å². The number of unbranched alkanes of at least 4 members (excludes halogenated alkanes) is 1. The number of carbonyl (C=O) groups excluding carboxylic acids is 1. The maximum Gasteiger partial charge on any atom is 0.328 e. The number of cyclic esters (lactones) is 1. The molecule has 200 valence electrons. The number of rotatable bonds is 8. The van der Waals surface area contributed by atoms with E-state index >= 15 is 0 Å². The molecule has 0 bridgehead atoms. The van der Waals surface area contributed by atoms with Gasteiger partial charge in [-0.05, 0) is 32.1 Å². The molecule has 2 saturated heterocycles. The summed E-state index contributed by atoms with van der Waals surface area (Å²) >= 11 is 0. The van der Waals surface area contributed by atoms with Crippen LogP contribution in [0.4, 0.5) is 0 Å². The second-order valence-electron chi connectivity index (χ2n) is 6.01. The number of hydrogen-bond acceptors (Lipinski definition) is 11. The van der Waals surface area contributed by atoms with Gasteiger partial charge in [0.15, 0.2) is 0 Å². The van der Waals surface area contributed by atoms with Gasteiger partial charge in [-0.2, -0.15) is 0 Å². The molecule has 0 amide bonds. The van der Waals surface area contributed by atoms with Crippen LogP contribution in [0.15, 0.2) is 24.5 Å². The zero-order valence-electron chi connectivity index (χ0n) is 18.8. The highest BCUT2D eigenvalue weighted by Crippen LogP contribution is 2.01. The highest BCUT2D eigenvalue weighted by molar-refractivity contribution is 5.89. The number of carboxylic acids is 3. The Morgan fingerprint density at radius 1 is 0.912 bits per heavy atom. The maximum atomic E-state index is 10.0. The first-order valence-corrected chi connectivity index (χ1v) is 9.90. The van der Waals surface area contributed by atoms with E-state index in [9.17, 15) is 19.2 Å². The third-order valence-corrected chi connectivity index (χ3v) is 3.03. The summed E-state index contributed by atoms with van der Waals surface area (Å²) in [5.41, 5.74) is 0. The number of aliphatic carboxylic acids is 3. The van der Waals surface area contributed by atoms with Gasteiger partial charge in [-0.1, -0.05) is 6.58 Å². The SMILES string of the molecule is C1CCOC1.C=C(CC(=O)O)OO.O=C(O)/C=C\C(=O)O.O=C1CCCO1.OCCCCO.[OH-]. The first-order valence-electron chi connectivity index (χ1n) is 9.90. The van der Waals surface area contributed by atoms with Gasteiger partial charge in [0.2, 0.25) is 0 Å². The predicted molar refractivity (Wildman–Crippen MR) is 115 cm³/mol. The minimum atomic E-state index is -1.26. The smallest absolute Gasteiger partial charge is 0.328 e. The van der Waals surface area contributed by atoms with E-state index in [4.69, 9.17) is 35.5 Å². The van der Waals surface area contributed by atoms with Crippen molar-refractivity contribution in [2.24, 2.45) is 0 Å². The third kappa shape index (κ3) is 42.9. The van der Waals surface area contributed by atoms with Gasteiger partial charge in [-0.15, -0.1) is 0 Å². The first kappa shape index (κ1) is 38.2. The molecular weight excluding hydrogens is 464 g/mol. The van der Waals surface area contributed by atoms with Crippen LogP contribution >= 0.6 is 0 Å². The topological polar surface area (TPSA) is 247 Å². The molecule has 14 heteroatoms. The fourth-order valence-electron chi connectivity index (χ4n) is 1.55. The van der Waals surface area contributed by atoms with E-state index in [0.717, 1.165) is 32.5 Å². The van der Waals surface area contributed by atoms with E-state index in [1.807, 2.05) is 0 Å². The van der Waals surface area contributed by atoms with Crippen LogP contribution in [0.25, 0.3) is 0 Å². The molecule has 0 saturated carbocycles. The molecule has 14 nitrogen and oxygen atoms in total. The Morgan fingerprint density at radius 2 is 1.38 bits per heavy atom. The lowest BCUT2D eigenvalue weighted by Gasteiger charge is -1.93. The van der Waals surface area contributed by atoms with Gasteiger partial charge in [0.25, 0.3) is 0 Å². The third-order valence-electron chi connectivity index (χ3n) is 3.03. The van der Waals surface area contributed by atoms with Crippen molar-refractivity contribution in [1.29, 1.82) is 0 Å². The largest absolute Gasteiger partial charge is 0.870 e. The van der Waals surface area contributed by atoms with Crippen LogP contribution < -0.4 is 0 Å². The Kier molecular flexibility index (Phi) is 33.7. The van der Waals surface area contributed by atoms with Crippen molar-refractivity contribution in [3.05, 3.63) is 24.5 Å². The number of ether oxygens (including phenoxy) is 2. The fourth-order valence-corrected chi connectivity index (χ4v) is 1.55. The van der Waals surface area contributed by atoms with Crippen molar-refractivity contribution >= 4 is 23.9 Å². The number of aliphatic hydroxyl groups is 2. The lowest BCUT2D eigenvalue weighted by Crippen LogP contribution is -1.97. The monoisotopic (exact) mass is 499 g/mol. The van der Waals surface area contributed by atoms with Crippen molar-refractivity contribution < 1.29 is 69.8 Å². The fraction of sp³-hybridized carbons (Fsp3) is 0.600. The second-order valence-corrected chi connectivity index (χ2v) is 6.01. The van der Waals surface area contributed by atoms with Gasteiger partial charge in [0.05, 0.1) is 6.61 Å². The van der Waals surface area contributed by atoms with Crippen molar-refractivity contribution in [2.45, 2.75) is 44.9 Å². The van der Waals surface area contributed by atoms with E-state index in [-0.39, 0.29) is 36.8 Å². The Bertz CT molecular complexity index is 534. The van der Waals surface area contributed by atoms with Crippen LogP contribution in [0.2, 0.25) is 0 Å². The quantitative estimate of drug-likeness (QED) is 0.0677. The van der Waals surface area contributed by atoms with Crippen molar-refractivity contribution in [1.82, 2.24) is 0 Å². The molecular formula is C20H35O14-. The Labute approximate surface area is 196 Å². The van der Waals surface area contributed by atoms with E-state index in [0.29, 0.717) is 25.2 Å². The minimum absolute atomic E-state index is 0. The standard InChI is InChI=1S/C4H6O4.C4H4O4.C4H6O2.C4H10O2.C4H8O.H2O/c1-3(8-7)2-4(5)6;5-3(6)1-2-4(7)8;5-4-2-1-3-6-4;5-3-1-2-4-6;1-2-4-5-3-1;/h7H,1-2H2,(H,5,6);1-2H,(H,5,6)(H,7,8);1-3H2;5-6H,1-4H2;1-4H2;1H2/p-1/b;2-1-;;;;. The van der Waals surface area contributed by atoms with Crippen LogP contribution in [0.5, 0.6) is 0 Å². The van der Waals surface area contributed by atoms with E-state index in [1.54, 1.807) is 0 Å².